The van der Waals surface area contributed by atoms with E-state index in [1.807, 2.05) is 0 Å². The Balaban J connectivity index is 2.94. The van der Waals surface area contributed by atoms with Crippen LogP contribution in [0.4, 0.5) is 0 Å². The Morgan fingerprint density at radius 2 is 2.00 bits per heavy atom. The maximum absolute atomic E-state index is 11.2. The van der Waals surface area contributed by atoms with E-state index in [9.17, 15) is 14.7 Å². The van der Waals surface area contributed by atoms with Crippen molar-refractivity contribution in [3.63, 3.8) is 0 Å². The van der Waals surface area contributed by atoms with Crippen molar-refractivity contribution in [3.8, 4) is 11.5 Å². The molecule has 0 radical (unpaired) electrons. The molecule has 0 fully saturated rings. The van der Waals surface area contributed by atoms with E-state index in [-0.39, 0.29) is 22.6 Å². The lowest BCUT2D eigenvalue weighted by Gasteiger charge is -2.07. The topological polar surface area (TPSA) is 72.8 Å². The average Bonchev–Trinajstić information content (AvgIpc) is 2.30. The lowest BCUT2D eigenvalue weighted by Crippen LogP contribution is -2.08. The maximum Gasteiger partial charge on any atom is 0.338 e. The molecule has 0 aromatic heterocycles. The molecule has 0 saturated heterocycles. The predicted octanol–water partition coefficient (Wildman–Crippen LogP) is 1.66. The molecule has 0 heterocycles. The molecule has 0 aliphatic rings. The van der Waals surface area contributed by atoms with Gasteiger partial charge in [0.1, 0.15) is 0 Å². The smallest absolute Gasteiger partial charge is 0.338 e. The predicted molar refractivity (Wildman–Crippen MR) is 59.9 cm³/mol. The van der Waals surface area contributed by atoms with Crippen LogP contribution in [-0.2, 0) is 9.53 Å². The van der Waals surface area contributed by atoms with Gasteiger partial charge in [-0.3, -0.25) is 0 Å². The van der Waals surface area contributed by atoms with Gasteiger partial charge in [0.05, 0.1) is 12.7 Å². The molecule has 1 aromatic rings. The van der Waals surface area contributed by atoms with Gasteiger partial charge in [0.25, 0.3) is 0 Å². The molecule has 0 spiro atoms. The highest BCUT2D eigenvalue weighted by Crippen LogP contribution is 2.27. The summed E-state index contributed by atoms with van der Waals surface area (Å²) < 4.78 is 9.31. The molecular weight excluding hydrogens is 224 g/mol. The second kappa shape index (κ2) is 5.16. The standard InChI is InChI=1S/C12H12O5/c1-7(2)11(14)17-10-5-4-8(6-9(10)13)12(15)16-3/h4-6,13H,1H2,2-3H3. The van der Waals surface area contributed by atoms with Crippen molar-refractivity contribution in [2.75, 3.05) is 7.11 Å². The number of hydrogen-bond donors (Lipinski definition) is 1. The van der Waals surface area contributed by atoms with E-state index in [0.29, 0.717) is 0 Å². The van der Waals surface area contributed by atoms with Crippen LogP contribution in [0.5, 0.6) is 11.5 Å². The average molecular weight is 236 g/mol. The molecule has 1 aromatic carbocycles. The summed E-state index contributed by atoms with van der Waals surface area (Å²) in [4.78, 5) is 22.4. The van der Waals surface area contributed by atoms with Gasteiger partial charge in [-0.1, -0.05) is 6.58 Å². The molecular formula is C12H12O5. The molecule has 0 aliphatic heterocycles. The minimum absolute atomic E-state index is 0.0364. The summed E-state index contributed by atoms with van der Waals surface area (Å²) in [6.45, 7) is 4.90. The first kappa shape index (κ1) is 12.8. The van der Waals surface area contributed by atoms with Crippen molar-refractivity contribution in [3.05, 3.63) is 35.9 Å². The Labute approximate surface area is 98.3 Å². The maximum atomic E-state index is 11.2. The number of esters is 2. The van der Waals surface area contributed by atoms with Crippen LogP contribution in [0.3, 0.4) is 0 Å². The molecule has 0 bridgehead atoms. The quantitative estimate of drug-likeness (QED) is 0.491. The lowest BCUT2D eigenvalue weighted by molar-refractivity contribution is -0.130. The number of carbonyl (C=O) groups excluding carboxylic acids is 2. The van der Waals surface area contributed by atoms with E-state index < -0.39 is 11.9 Å². The fourth-order valence-electron chi connectivity index (χ4n) is 1.04. The fraction of sp³-hybridized carbons (Fsp3) is 0.167. The second-order valence-corrected chi connectivity index (χ2v) is 3.34. The molecule has 5 heteroatoms. The molecule has 0 unspecified atom stereocenters. The minimum Gasteiger partial charge on any atom is -0.504 e. The van der Waals surface area contributed by atoms with Crippen molar-refractivity contribution in [2.45, 2.75) is 6.92 Å². The van der Waals surface area contributed by atoms with E-state index in [2.05, 4.69) is 11.3 Å². The molecule has 0 aliphatic carbocycles. The van der Waals surface area contributed by atoms with E-state index in [0.717, 1.165) is 6.07 Å². The number of benzene rings is 1. The Hall–Kier alpha value is -2.30. The van der Waals surface area contributed by atoms with Crippen molar-refractivity contribution < 1.29 is 24.2 Å². The normalized spacial score (nSPS) is 9.53. The fourth-order valence-corrected chi connectivity index (χ4v) is 1.04. The summed E-state index contributed by atoms with van der Waals surface area (Å²) in [6.07, 6.45) is 0. The summed E-state index contributed by atoms with van der Waals surface area (Å²) in [5.74, 6) is -1.59. The first-order valence-electron chi connectivity index (χ1n) is 4.74. The molecule has 1 N–H and O–H groups in total. The van der Waals surface area contributed by atoms with E-state index in [1.165, 1.54) is 26.2 Å². The Morgan fingerprint density at radius 1 is 1.35 bits per heavy atom. The number of carbonyl (C=O) groups is 2. The van der Waals surface area contributed by atoms with Gasteiger partial charge in [-0.2, -0.15) is 0 Å². The summed E-state index contributed by atoms with van der Waals surface area (Å²) >= 11 is 0. The van der Waals surface area contributed by atoms with Crippen LogP contribution >= 0.6 is 0 Å². The molecule has 0 saturated carbocycles. The Kier molecular flexibility index (Phi) is 3.87. The van der Waals surface area contributed by atoms with Gasteiger partial charge in [0.2, 0.25) is 0 Å². The van der Waals surface area contributed by atoms with Crippen LogP contribution in [0.15, 0.2) is 30.4 Å². The Morgan fingerprint density at radius 3 is 2.47 bits per heavy atom. The Bertz CT molecular complexity index is 476. The monoisotopic (exact) mass is 236 g/mol. The summed E-state index contributed by atoms with van der Waals surface area (Å²) in [5, 5.41) is 9.55. The highest BCUT2D eigenvalue weighted by atomic mass is 16.5. The van der Waals surface area contributed by atoms with E-state index in [4.69, 9.17) is 4.74 Å². The summed E-state index contributed by atoms with van der Waals surface area (Å²) in [6, 6.07) is 3.85. The minimum atomic E-state index is -0.647. The van der Waals surface area contributed by atoms with Crippen LogP contribution in [0.2, 0.25) is 0 Å². The third-order valence-electron chi connectivity index (χ3n) is 1.93. The van der Waals surface area contributed by atoms with Crippen molar-refractivity contribution in [1.29, 1.82) is 0 Å². The van der Waals surface area contributed by atoms with Crippen molar-refractivity contribution in [1.82, 2.24) is 0 Å². The first-order valence-corrected chi connectivity index (χ1v) is 4.74. The number of hydrogen-bond acceptors (Lipinski definition) is 5. The third-order valence-corrected chi connectivity index (χ3v) is 1.93. The number of ether oxygens (including phenoxy) is 2. The zero-order chi connectivity index (χ0) is 13.0. The molecule has 17 heavy (non-hydrogen) atoms. The van der Waals surface area contributed by atoms with Crippen LogP contribution in [0.25, 0.3) is 0 Å². The van der Waals surface area contributed by atoms with Crippen LogP contribution in [0.1, 0.15) is 17.3 Å². The highest BCUT2D eigenvalue weighted by molar-refractivity contribution is 5.91. The number of aromatic hydroxyl groups is 1. The van der Waals surface area contributed by atoms with E-state index >= 15 is 0 Å². The van der Waals surface area contributed by atoms with Gasteiger partial charge in [-0.15, -0.1) is 0 Å². The first-order chi connectivity index (χ1) is 7.95. The number of phenolic OH excluding ortho intramolecular Hbond substituents is 1. The second-order valence-electron chi connectivity index (χ2n) is 3.34. The van der Waals surface area contributed by atoms with Crippen LogP contribution in [0, 0.1) is 0 Å². The van der Waals surface area contributed by atoms with Crippen LogP contribution in [-0.4, -0.2) is 24.2 Å². The molecule has 1 rings (SSSR count). The summed E-state index contributed by atoms with van der Waals surface area (Å²) in [5.41, 5.74) is 0.376. The van der Waals surface area contributed by atoms with Gasteiger partial charge in [-0.05, 0) is 25.1 Å². The molecule has 0 atom stereocenters. The van der Waals surface area contributed by atoms with E-state index in [1.54, 1.807) is 0 Å². The molecule has 0 amide bonds. The molecule has 5 nitrogen and oxygen atoms in total. The highest BCUT2D eigenvalue weighted by Gasteiger charge is 2.13. The summed E-state index contributed by atoms with van der Waals surface area (Å²) in [7, 11) is 1.23. The van der Waals surface area contributed by atoms with Gasteiger partial charge < -0.3 is 14.6 Å². The number of methoxy groups -OCH3 is 1. The van der Waals surface area contributed by atoms with Crippen molar-refractivity contribution >= 4 is 11.9 Å². The number of rotatable bonds is 3. The van der Waals surface area contributed by atoms with Crippen molar-refractivity contribution in [2.24, 2.45) is 0 Å². The lowest BCUT2D eigenvalue weighted by atomic mass is 10.2. The number of phenols is 1. The zero-order valence-corrected chi connectivity index (χ0v) is 9.52. The molecule has 90 valence electrons. The SMILES string of the molecule is C=C(C)C(=O)Oc1ccc(C(=O)OC)cc1O. The third kappa shape index (κ3) is 3.07. The largest absolute Gasteiger partial charge is 0.504 e. The van der Waals surface area contributed by atoms with Gasteiger partial charge in [-0.25, -0.2) is 9.59 Å². The van der Waals surface area contributed by atoms with Gasteiger partial charge >= 0.3 is 11.9 Å². The van der Waals surface area contributed by atoms with Crippen LogP contribution < -0.4 is 4.74 Å². The van der Waals surface area contributed by atoms with Gasteiger partial charge in [0, 0.05) is 5.57 Å². The van der Waals surface area contributed by atoms with Gasteiger partial charge in [0.15, 0.2) is 11.5 Å². The zero-order valence-electron chi connectivity index (χ0n) is 9.52.